The molecule has 0 spiro atoms. The quantitative estimate of drug-likeness (QED) is 0.598. The first-order chi connectivity index (χ1) is 14.9. The number of carbonyl (C=O) groups is 2. The molecule has 3 aromatic rings. The van der Waals surface area contributed by atoms with Crippen LogP contribution in [-0.4, -0.2) is 45.3 Å². The summed E-state index contributed by atoms with van der Waals surface area (Å²) in [5.74, 6) is 1.48. The molecule has 0 bridgehead atoms. The van der Waals surface area contributed by atoms with Gasteiger partial charge in [0.25, 0.3) is 0 Å². The van der Waals surface area contributed by atoms with Crippen LogP contribution in [0.25, 0.3) is 11.1 Å². The largest absolute Gasteiger partial charge is 0.437 e. The molecule has 1 aromatic carbocycles. The van der Waals surface area contributed by atoms with Crippen molar-refractivity contribution >= 4 is 17.6 Å². The van der Waals surface area contributed by atoms with Gasteiger partial charge in [0.15, 0.2) is 0 Å². The van der Waals surface area contributed by atoms with Crippen LogP contribution in [0, 0.1) is 0 Å². The Bertz CT molecular complexity index is 1040. The first-order valence-electron chi connectivity index (χ1n) is 9.95. The standard InChI is InChI=1S/C23H25N5O3/c1-16(29)26-22-11-8-19(13-25-22)18-6-9-21(10-7-18)31-23-15-24-14-20(27-23)5-4-12-28(3)17(2)30/h6-11,13-15H,4-5,12H2,1-3H3,(H,25,26,29). The number of ether oxygens (including phenoxy) is 1. The summed E-state index contributed by atoms with van der Waals surface area (Å²) in [5.41, 5.74) is 2.72. The van der Waals surface area contributed by atoms with Crippen LogP contribution in [0.15, 0.2) is 55.0 Å². The predicted octanol–water partition coefficient (Wildman–Crippen LogP) is 3.70. The van der Waals surface area contributed by atoms with Gasteiger partial charge in [-0.1, -0.05) is 12.1 Å². The molecule has 0 saturated carbocycles. The molecule has 0 saturated heterocycles. The van der Waals surface area contributed by atoms with E-state index in [1.54, 1.807) is 43.5 Å². The summed E-state index contributed by atoms with van der Waals surface area (Å²) < 4.78 is 5.84. The van der Waals surface area contributed by atoms with Crippen LogP contribution >= 0.6 is 0 Å². The SMILES string of the molecule is CC(=O)Nc1ccc(-c2ccc(Oc3cncc(CCCN(C)C(C)=O)n3)cc2)cn1. The maximum Gasteiger partial charge on any atom is 0.238 e. The second-order valence-corrected chi connectivity index (χ2v) is 7.13. The van der Waals surface area contributed by atoms with Gasteiger partial charge in [0.05, 0.1) is 11.9 Å². The van der Waals surface area contributed by atoms with E-state index in [0.29, 0.717) is 30.4 Å². The van der Waals surface area contributed by atoms with Gasteiger partial charge in [0.1, 0.15) is 11.6 Å². The summed E-state index contributed by atoms with van der Waals surface area (Å²) >= 11 is 0. The minimum Gasteiger partial charge on any atom is -0.437 e. The molecule has 3 rings (SSSR count). The van der Waals surface area contributed by atoms with Crippen molar-refractivity contribution in [3.63, 3.8) is 0 Å². The van der Waals surface area contributed by atoms with Crippen molar-refractivity contribution in [1.29, 1.82) is 0 Å². The molecule has 8 nitrogen and oxygen atoms in total. The van der Waals surface area contributed by atoms with E-state index in [4.69, 9.17) is 4.74 Å². The van der Waals surface area contributed by atoms with Crippen LogP contribution in [0.1, 0.15) is 26.0 Å². The molecular weight excluding hydrogens is 394 g/mol. The Balaban J connectivity index is 1.59. The highest BCUT2D eigenvalue weighted by molar-refractivity contribution is 5.87. The average Bonchev–Trinajstić information content (AvgIpc) is 2.75. The molecule has 2 aromatic heterocycles. The van der Waals surface area contributed by atoms with Crippen LogP contribution in [0.3, 0.4) is 0 Å². The van der Waals surface area contributed by atoms with E-state index in [1.807, 2.05) is 30.3 Å². The minimum absolute atomic E-state index is 0.0473. The number of aryl methyl sites for hydroxylation is 1. The fourth-order valence-electron chi connectivity index (χ4n) is 2.87. The summed E-state index contributed by atoms with van der Waals surface area (Å²) in [6.07, 6.45) is 6.50. The van der Waals surface area contributed by atoms with Gasteiger partial charge in [-0.2, -0.15) is 0 Å². The second-order valence-electron chi connectivity index (χ2n) is 7.13. The highest BCUT2D eigenvalue weighted by Crippen LogP contribution is 2.25. The molecule has 0 atom stereocenters. The van der Waals surface area contributed by atoms with E-state index in [-0.39, 0.29) is 11.8 Å². The third-order valence-corrected chi connectivity index (χ3v) is 4.60. The Morgan fingerprint density at radius 1 is 1.00 bits per heavy atom. The van der Waals surface area contributed by atoms with Crippen molar-refractivity contribution in [2.45, 2.75) is 26.7 Å². The van der Waals surface area contributed by atoms with Crippen molar-refractivity contribution in [2.24, 2.45) is 0 Å². The van der Waals surface area contributed by atoms with Crippen LogP contribution in [0.4, 0.5) is 5.82 Å². The molecule has 0 fully saturated rings. The number of nitrogens with zero attached hydrogens (tertiary/aromatic N) is 4. The summed E-state index contributed by atoms with van der Waals surface area (Å²) in [6, 6.07) is 11.2. The van der Waals surface area contributed by atoms with Crippen LogP contribution in [0.5, 0.6) is 11.6 Å². The highest BCUT2D eigenvalue weighted by atomic mass is 16.5. The fraction of sp³-hybridized carbons (Fsp3) is 0.261. The molecule has 2 amide bonds. The van der Waals surface area contributed by atoms with E-state index >= 15 is 0 Å². The summed E-state index contributed by atoms with van der Waals surface area (Å²) in [6.45, 7) is 3.67. The molecule has 160 valence electrons. The number of aromatic nitrogens is 3. The number of hydrogen-bond acceptors (Lipinski definition) is 6. The van der Waals surface area contributed by atoms with E-state index in [9.17, 15) is 9.59 Å². The topological polar surface area (TPSA) is 97.3 Å². The molecule has 31 heavy (non-hydrogen) atoms. The number of benzene rings is 1. The fourth-order valence-corrected chi connectivity index (χ4v) is 2.87. The zero-order chi connectivity index (χ0) is 22.2. The lowest BCUT2D eigenvalue weighted by molar-refractivity contribution is -0.127. The van der Waals surface area contributed by atoms with E-state index in [1.165, 1.54) is 6.92 Å². The normalized spacial score (nSPS) is 10.4. The summed E-state index contributed by atoms with van der Waals surface area (Å²) in [7, 11) is 1.78. The molecule has 2 heterocycles. The van der Waals surface area contributed by atoms with Crippen molar-refractivity contribution in [2.75, 3.05) is 18.9 Å². The summed E-state index contributed by atoms with van der Waals surface area (Å²) in [4.78, 5) is 37.0. The number of anilines is 1. The monoisotopic (exact) mass is 419 g/mol. The zero-order valence-corrected chi connectivity index (χ0v) is 17.8. The third kappa shape index (κ3) is 6.60. The Kier molecular flexibility index (Phi) is 7.26. The lowest BCUT2D eigenvalue weighted by Crippen LogP contribution is -2.25. The van der Waals surface area contributed by atoms with Gasteiger partial charge in [-0.15, -0.1) is 0 Å². The van der Waals surface area contributed by atoms with Gasteiger partial charge in [0, 0.05) is 45.4 Å². The van der Waals surface area contributed by atoms with E-state index < -0.39 is 0 Å². The number of carbonyl (C=O) groups excluding carboxylic acids is 2. The minimum atomic E-state index is -0.155. The van der Waals surface area contributed by atoms with E-state index in [0.717, 1.165) is 23.2 Å². The van der Waals surface area contributed by atoms with Crippen LogP contribution < -0.4 is 10.1 Å². The lowest BCUT2D eigenvalue weighted by Gasteiger charge is -2.14. The molecule has 0 aliphatic heterocycles. The Labute approximate surface area is 181 Å². The Hall–Kier alpha value is -3.81. The maximum atomic E-state index is 11.3. The Morgan fingerprint density at radius 2 is 1.74 bits per heavy atom. The molecule has 1 N–H and O–H groups in total. The number of amides is 2. The Morgan fingerprint density at radius 3 is 2.39 bits per heavy atom. The average molecular weight is 419 g/mol. The van der Waals surface area contributed by atoms with Crippen molar-refractivity contribution in [3.8, 4) is 22.8 Å². The molecule has 0 radical (unpaired) electrons. The summed E-state index contributed by atoms with van der Waals surface area (Å²) in [5, 5.41) is 2.65. The molecular formula is C23H25N5O3. The highest BCUT2D eigenvalue weighted by Gasteiger charge is 2.06. The van der Waals surface area contributed by atoms with E-state index in [2.05, 4.69) is 20.3 Å². The number of nitrogens with one attached hydrogen (secondary N) is 1. The van der Waals surface area contributed by atoms with Crippen LogP contribution in [-0.2, 0) is 16.0 Å². The number of rotatable bonds is 8. The molecule has 0 unspecified atom stereocenters. The zero-order valence-electron chi connectivity index (χ0n) is 17.8. The predicted molar refractivity (Wildman–Crippen MR) is 118 cm³/mol. The lowest BCUT2D eigenvalue weighted by atomic mass is 10.1. The van der Waals surface area contributed by atoms with Gasteiger partial charge >= 0.3 is 0 Å². The van der Waals surface area contributed by atoms with Crippen molar-refractivity contribution in [3.05, 3.63) is 60.7 Å². The first kappa shape index (κ1) is 21.9. The van der Waals surface area contributed by atoms with Crippen molar-refractivity contribution < 1.29 is 14.3 Å². The molecule has 8 heteroatoms. The van der Waals surface area contributed by atoms with Gasteiger partial charge in [-0.25, -0.2) is 9.97 Å². The van der Waals surface area contributed by atoms with Gasteiger partial charge in [-0.3, -0.25) is 14.6 Å². The third-order valence-electron chi connectivity index (χ3n) is 4.60. The molecule has 0 aliphatic rings. The van der Waals surface area contributed by atoms with Gasteiger partial charge < -0.3 is 15.0 Å². The van der Waals surface area contributed by atoms with Crippen LogP contribution in [0.2, 0.25) is 0 Å². The number of pyridine rings is 1. The van der Waals surface area contributed by atoms with Gasteiger partial charge in [0.2, 0.25) is 17.7 Å². The maximum absolute atomic E-state index is 11.3. The second kappa shape index (κ2) is 10.3. The molecule has 0 aliphatic carbocycles. The first-order valence-corrected chi connectivity index (χ1v) is 9.95. The number of hydrogen-bond donors (Lipinski definition) is 1. The van der Waals surface area contributed by atoms with Crippen molar-refractivity contribution in [1.82, 2.24) is 19.9 Å². The van der Waals surface area contributed by atoms with Gasteiger partial charge in [-0.05, 0) is 42.7 Å². The smallest absolute Gasteiger partial charge is 0.238 e.